The number of rotatable bonds is 12. The fourth-order valence-corrected chi connectivity index (χ4v) is 4.69. The number of hydrogen-bond donors (Lipinski definition) is 0. The first kappa shape index (κ1) is 25.5. The van der Waals surface area contributed by atoms with Crippen LogP contribution in [0.1, 0.15) is 46.0 Å². The maximum atomic E-state index is 13.3. The van der Waals surface area contributed by atoms with Crippen LogP contribution in [0, 0.1) is 17.2 Å². The van der Waals surface area contributed by atoms with Crippen molar-refractivity contribution < 1.29 is 4.79 Å². The van der Waals surface area contributed by atoms with E-state index >= 15 is 0 Å². The predicted molar refractivity (Wildman–Crippen MR) is 139 cm³/mol. The van der Waals surface area contributed by atoms with E-state index in [4.69, 9.17) is 10.2 Å². The van der Waals surface area contributed by atoms with E-state index in [-0.39, 0.29) is 23.6 Å². The predicted octanol–water partition coefficient (Wildman–Crippen LogP) is 5.65. The smallest absolute Gasteiger partial charge is 0.262 e. The van der Waals surface area contributed by atoms with Gasteiger partial charge in [-0.1, -0.05) is 75.2 Å². The van der Waals surface area contributed by atoms with Crippen LogP contribution in [0.25, 0.3) is 10.9 Å². The van der Waals surface area contributed by atoms with Crippen molar-refractivity contribution in [3.8, 4) is 6.07 Å². The van der Waals surface area contributed by atoms with Crippen LogP contribution >= 0.6 is 11.8 Å². The fraction of sp³-hybridized carbons (Fsp3) is 0.407. The normalized spacial score (nSPS) is 11.8. The Morgan fingerprint density at radius 2 is 1.88 bits per heavy atom. The van der Waals surface area contributed by atoms with Gasteiger partial charge in [-0.25, -0.2) is 4.98 Å². The van der Waals surface area contributed by atoms with E-state index in [0.29, 0.717) is 35.1 Å². The number of nitriles is 1. The Kier molecular flexibility index (Phi) is 9.72. The number of carbonyl (C=O) groups is 1. The average Bonchev–Trinajstić information content (AvgIpc) is 2.87. The summed E-state index contributed by atoms with van der Waals surface area (Å²) in [6.45, 7) is 5.36. The van der Waals surface area contributed by atoms with Crippen LogP contribution in [0.4, 0.5) is 5.69 Å². The van der Waals surface area contributed by atoms with Crippen LogP contribution in [0.5, 0.6) is 0 Å². The molecule has 1 aromatic heterocycles. The van der Waals surface area contributed by atoms with Gasteiger partial charge >= 0.3 is 0 Å². The van der Waals surface area contributed by atoms with Crippen molar-refractivity contribution in [3.05, 3.63) is 65.0 Å². The van der Waals surface area contributed by atoms with E-state index < -0.39 is 0 Å². The largest absolute Gasteiger partial charge is 0.311 e. The highest BCUT2D eigenvalue weighted by atomic mass is 32.2. The quantitative estimate of drug-likeness (QED) is 0.192. The van der Waals surface area contributed by atoms with Crippen molar-refractivity contribution in [2.24, 2.45) is 5.92 Å². The Morgan fingerprint density at radius 1 is 1.15 bits per heavy atom. The Labute approximate surface area is 205 Å². The second kappa shape index (κ2) is 13.0. The SMILES string of the molecule is CC[C@@H](C)CCCCn1c(SCC(=O)N(CCC#N)c2ccccc2)nc2ccccc2c1=O. The lowest BCUT2D eigenvalue weighted by Crippen LogP contribution is -2.33. The molecule has 0 aliphatic carbocycles. The van der Waals surface area contributed by atoms with Gasteiger partial charge in [0.15, 0.2) is 5.16 Å². The van der Waals surface area contributed by atoms with Crippen LogP contribution in [-0.4, -0.2) is 27.8 Å². The molecule has 0 saturated heterocycles. The Balaban J connectivity index is 1.81. The molecule has 1 amide bonds. The van der Waals surface area contributed by atoms with E-state index in [1.54, 1.807) is 15.5 Å². The minimum absolute atomic E-state index is 0.0616. The van der Waals surface area contributed by atoms with Crippen LogP contribution in [0.2, 0.25) is 0 Å². The fourth-order valence-electron chi connectivity index (χ4n) is 3.79. The lowest BCUT2D eigenvalue weighted by Gasteiger charge is -2.22. The zero-order valence-corrected chi connectivity index (χ0v) is 20.8. The summed E-state index contributed by atoms with van der Waals surface area (Å²) < 4.78 is 1.72. The van der Waals surface area contributed by atoms with E-state index in [1.165, 1.54) is 11.8 Å². The van der Waals surface area contributed by atoms with Gasteiger partial charge in [-0.2, -0.15) is 5.26 Å². The highest BCUT2D eigenvalue weighted by Gasteiger charge is 2.18. The molecule has 3 aromatic rings. The summed E-state index contributed by atoms with van der Waals surface area (Å²) in [6, 6.07) is 18.8. The van der Waals surface area contributed by atoms with Crippen LogP contribution in [0.15, 0.2) is 64.5 Å². The van der Waals surface area contributed by atoms with Crippen molar-refractivity contribution in [2.75, 3.05) is 17.2 Å². The minimum Gasteiger partial charge on any atom is -0.311 e. The first-order valence-electron chi connectivity index (χ1n) is 11.9. The standard InChI is InChI=1S/C27H32N4O2S/c1-3-21(2)12-9-10-18-31-26(33)23-15-7-8-16-24(23)29-27(31)34-20-25(32)30(19-11-17-28)22-13-5-4-6-14-22/h4-8,13-16,21H,3,9-12,18-20H2,1-2H3/t21-/m1/s1. The van der Waals surface area contributed by atoms with Crippen molar-refractivity contribution in [1.82, 2.24) is 9.55 Å². The molecule has 0 unspecified atom stereocenters. The number of hydrogen-bond acceptors (Lipinski definition) is 5. The minimum atomic E-state index is -0.114. The van der Waals surface area contributed by atoms with E-state index in [1.807, 2.05) is 48.5 Å². The summed E-state index contributed by atoms with van der Waals surface area (Å²) in [5.41, 5.74) is 1.34. The average molecular weight is 477 g/mol. The Morgan fingerprint density at radius 3 is 2.62 bits per heavy atom. The number of amides is 1. The van der Waals surface area contributed by atoms with Gasteiger partial charge in [0.1, 0.15) is 0 Å². The van der Waals surface area contributed by atoms with Gasteiger partial charge in [0.05, 0.1) is 29.1 Å². The lowest BCUT2D eigenvalue weighted by atomic mass is 10.0. The summed E-state index contributed by atoms with van der Waals surface area (Å²) in [5.74, 6) is 0.699. The number of unbranched alkanes of at least 4 members (excludes halogenated alkanes) is 1. The summed E-state index contributed by atoms with van der Waals surface area (Å²) in [6.07, 6.45) is 4.49. The van der Waals surface area contributed by atoms with Crippen molar-refractivity contribution >= 4 is 34.3 Å². The first-order valence-corrected chi connectivity index (χ1v) is 12.9. The molecule has 0 aliphatic rings. The Hall–Kier alpha value is -3.11. The van der Waals surface area contributed by atoms with Gasteiger partial charge in [-0.05, 0) is 36.6 Å². The maximum Gasteiger partial charge on any atom is 0.262 e. The second-order valence-electron chi connectivity index (χ2n) is 8.46. The zero-order chi connectivity index (χ0) is 24.3. The van der Waals surface area contributed by atoms with Gasteiger partial charge in [0.2, 0.25) is 5.91 Å². The van der Waals surface area contributed by atoms with E-state index in [9.17, 15) is 9.59 Å². The van der Waals surface area contributed by atoms with Crippen LogP contribution in [0.3, 0.4) is 0 Å². The molecule has 0 aliphatic heterocycles. The molecular formula is C27H32N4O2S. The van der Waals surface area contributed by atoms with Crippen LogP contribution in [-0.2, 0) is 11.3 Å². The Bertz CT molecular complexity index is 1190. The molecule has 178 valence electrons. The lowest BCUT2D eigenvalue weighted by molar-refractivity contribution is -0.116. The third-order valence-electron chi connectivity index (χ3n) is 5.99. The number of nitrogens with zero attached hydrogens (tertiary/aromatic N) is 4. The van der Waals surface area contributed by atoms with E-state index in [2.05, 4.69) is 19.9 Å². The van der Waals surface area contributed by atoms with Crippen molar-refractivity contribution in [1.29, 1.82) is 5.26 Å². The number of fused-ring (bicyclic) bond motifs is 1. The molecular weight excluding hydrogens is 444 g/mol. The van der Waals surface area contributed by atoms with Gasteiger partial charge < -0.3 is 4.90 Å². The molecule has 0 N–H and O–H groups in total. The number of aromatic nitrogens is 2. The number of para-hydroxylation sites is 2. The third-order valence-corrected chi connectivity index (χ3v) is 6.95. The third kappa shape index (κ3) is 6.71. The summed E-state index contributed by atoms with van der Waals surface area (Å²) >= 11 is 1.29. The monoisotopic (exact) mass is 476 g/mol. The molecule has 0 bridgehead atoms. The molecule has 3 rings (SSSR count). The second-order valence-corrected chi connectivity index (χ2v) is 9.40. The van der Waals surface area contributed by atoms with Crippen molar-refractivity contribution in [2.45, 2.75) is 57.7 Å². The van der Waals surface area contributed by atoms with E-state index in [0.717, 1.165) is 31.4 Å². The summed E-state index contributed by atoms with van der Waals surface area (Å²) in [7, 11) is 0. The summed E-state index contributed by atoms with van der Waals surface area (Å²) in [4.78, 5) is 32.8. The van der Waals surface area contributed by atoms with Crippen molar-refractivity contribution in [3.63, 3.8) is 0 Å². The molecule has 0 radical (unpaired) electrons. The molecule has 2 aromatic carbocycles. The number of anilines is 1. The maximum absolute atomic E-state index is 13.3. The van der Waals surface area contributed by atoms with Gasteiger partial charge in [-0.15, -0.1) is 0 Å². The van der Waals surface area contributed by atoms with Crippen LogP contribution < -0.4 is 10.5 Å². The van der Waals surface area contributed by atoms with Gasteiger partial charge in [0.25, 0.3) is 5.56 Å². The molecule has 1 heterocycles. The number of benzene rings is 2. The van der Waals surface area contributed by atoms with Gasteiger partial charge in [0, 0.05) is 18.8 Å². The topological polar surface area (TPSA) is 79.0 Å². The molecule has 6 nitrogen and oxygen atoms in total. The zero-order valence-electron chi connectivity index (χ0n) is 19.9. The highest BCUT2D eigenvalue weighted by molar-refractivity contribution is 7.99. The first-order chi connectivity index (χ1) is 16.5. The number of carbonyl (C=O) groups excluding carboxylic acids is 1. The summed E-state index contributed by atoms with van der Waals surface area (Å²) in [5, 5.41) is 10.2. The molecule has 0 spiro atoms. The molecule has 0 fully saturated rings. The molecule has 34 heavy (non-hydrogen) atoms. The molecule has 7 heteroatoms. The molecule has 0 saturated carbocycles. The molecule has 1 atom stereocenters. The number of thioether (sulfide) groups is 1. The highest BCUT2D eigenvalue weighted by Crippen LogP contribution is 2.22. The van der Waals surface area contributed by atoms with Gasteiger partial charge in [-0.3, -0.25) is 14.2 Å².